The number of carboxylic acids is 1. The Labute approximate surface area is 134 Å². The van der Waals surface area contributed by atoms with Crippen LogP contribution in [0.4, 0.5) is 0 Å². The number of sulfonamides is 1. The number of imidazole rings is 1. The number of nitrogens with one attached hydrogen (secondary N) is 1. The Kier molecular flexibility index (Phi) is 4.20. The Bertz CT molecular complexity index is 928. The van der Waals surface area contributed by atoms with Crippen LogP contribution in [0.25, 0.3) is 11.0 Å². The molecule has 10 heteroatoms. The smallest absolute Gasteiger partial charge is 0.328 e. The molecule has 2 rings (SSSR count). The number of hydrogen-bond acceptors (Lipinski definition) is 4. The second kappa shape index (κ2) is 5.52. The number of aryl methyl sites for hydroxylation is 2. The van der Waals surface area contributed by atoms with Gasteiger partial charge in [0.15, 0.2) is 0 Å². The van der Waals surface area contributed by atoms with Crippen molar-refractivity contribution in [2.75, 3.05) is 0 Å². The fourth-order valence-corrected chi connectivity index (χ4v) is 4.30. The van der Waals surface area contributed by atoms with Gasteiger partial charge in [0.2, 0.25) is 10.0 Å². The maximum absolute atomic E-state index is 12.3. The van der Waals surface area contributed by atoms with Gasteiger partial charge >= 0.3 is 11.7 Å². The lowest BCUT2D eigenvalue weighted by Crippen LogP contribution is -2.38. The fourth-order valence-electron chi connectivity index (χ4n) is 2.05. The van der Waals surface area contributed by atoms with E-state index in [0.717, 1.165) is 0 Å². The third kappa shape index (κ3) is 2.69. The number of carbonyl (C=O) groups is 1. The second-order valence-corrected chi connectivity index (χ2v) is 7.39. The van der Waals surface area contributed by atoms with Gasteiger partial charge in [-0.2, -0.15) is 4.72 Å². The first kappa shape index (κ1) is 16.7. The molecule has 0 saturated carbocycles. The maximum Gasteiger partial charge on any atom is 0.328 e. The molecule has 0 unspecified atom stereocenters. The van der Waals surface area contributed by atoms with Crippen LogP contribution in [0, 0.1) is 0 Å². The first-order chi connectivity index (χ1) is 10.1. The van der Waals surface area contributed by atoms with E-state index in [0.29, 0.717) is 11.0 Å². The topological polar surface area (TPSA) is 110 Å². The summed E-state index contributed by atoms with van der Waals surface area (Å²) >= 11 is 3.16. The Balaban J connectivity index is 2.66. The summed E-state index contributed by atoms with van der Waals surface area (Å²) in [6.07, 6.45) is 0. The van der Waals surface area contributed by atoms with E-state index in [-0.39, 0.29) is 15.1 Å². The Morgan fingerprint density at radius 2 is 1.77 bits per heavy atom. The number of fused-ring (bicyclic) bond motifs is 1. The van der Waals surface area contributed by atoms with Crippen LogP contribution in [0.15, 0.2) is 26.3 Å². The summed E-state index contributed by atoms with van der Waals surface area (Å²) < 4.78 is 29.7. The number of rotatable bonds is 4. The van der Waals surface area contributed by atoms with Gasteiger partial charge in [0, 0.05) is 18.6 Å². The summed E-state index contributed by atoms with van der Waals surface area (Å²) in [6, 6.07) is 1.57. The SMILES string of the molecule is C[C@@H](NS(=O)(=O)c1cc2c(cc1Br)n(C)c(=O)n2C)C(=O)O. The lowest BCUT2D eigenvalue weighted by molar-refractivity contribution is -0.138. The number of halogens is 1. The molecule has 0 aliphatic heterocycles. The molecule has 0 amide bonds. The lowest BCUT2D eigenvalue weighted by atomic mass is 10.3. The largest absolute Gasteiger partial charge is 0.480 e. The molecule has 1 aromatic heterocycles. The number of nitrogens with zero attached hydrogens (tertiary/aromatic N) is 2. The molecular weight excluding hydrogens is 378 g/mol. The van der Waals surface area contributed by atoms with E-state index >= 15 is 0 Å². The van der Waals surface area contributed by atoms with E-state index < -0.39 is 22.0 Å². The molecule has 0 radical (unpaired) electrons. The van der Waals surface area contributed by atoms with Crippen molar-refractivity contribution in [3.8, 4) is 0 Å². The van der Waals surface area contributed by atoms with Gasteiger partial charge in [0.25, 0.3) is 0 Å². The van der Waals surface area contributed by atoms with E-state index in [1.165, 1.54) is 35.2 Å². The summed E-state index contributed by atoms with van der Waals surface area (Å²) in [5, 5.41) is 8.83. The predicted molar refractivity (Wildman–Crippen MR) is 83.3 cm³/mol. The fraction of sp³-hybridized carbons (Fsp3) is 0.333. The summed E-state index contributed by atoms with van der Waals surface area (Å²) in [5.41, 5.74) is 0.701. The van der Waals surface area contributed by atoms with Crippen LogP contribution in [0.3, 0.4) is 0 Å². The molecule has 0 saturated heterocycles. The molecule has 2 aromatic rings. The van der Waals surface area contributed by atoms with Gasteiger partial charge < -0.3 is 5.11 Å². The number of aromatic nitrogens is 2. The number of carboxylic acid groups (broad SMARTS) is 1. The van der Waals surface area contributed by atoms with Gasteiger partial charge in [-0.15, -0.1) is 0 Å². The van der Waals surface area contributed by atoms with Crippen molar-refractivity contribution in [3.05, 3.63) is 27.1 Å². The number of benzene rings is 1. The highest BCUT2D eigenvalue weighted by Gasteiger charge is 2.25. The summed E-state index contributed by atoms with van der Waals surface area (Å²) in [7, 11) is -0.940. The van der Waals surface area contributed by atoms with Gasteiger partial charge in [-0.25, -0.2) is 13.2 Å². The van der Waals surface area contributed by atoms with Gasteiger partial charge in [0.05, 0.1) is 15.9 Å². The third-order valence-electron chi connectivity index (χ3n) is 3.32. The zero-order chi connectivity index (χ0) is 16.8. The molecule has 0 fully saturated rings. The van der Waals surface area contributed by atoms with Crippen molar-refractivity contribution in [2.24, 2.45) is 14.1 Å². The van der Waals surface area contributed by atoms with E-state index in [1.807, 2.05) is 0 Å². The van der Waals surface area contributed by atoms with Crippen molar-refractivity contribution >= 4 is 43.0 Å². The molecule has 1 heterocycles. The molecule has 0 aliphatic rings. The van der Waals surface area contributed by atoms with Crippen molar-refractivity contribution in [1.29, 1.82) is 0 Å². The van der Waals surface area contributed by atoms with Crippen LogP contribution < -0.4 is 10.4 Å². The Morgan fingerprint density at radius 1 is 1.27 bits per heavy atom. The van der Waals surface area contributed by atoms with E-state index in [2.05, 4.69) is 20.7 Å². The first-order valence-electron chi connectivity index (χ1n) is 6.16. The molecule has 8 nitrogen and oxygen atoms in total. The minimum Gasteiger partial charge on any atom is -0.480 e. The highest BCUT2D eigenvalue weighted by molar-refractivity contribution is 9.10. The molecule has 0 bridgehead atoms. The van der Waals surface area contributed by atoms with Crippen LogP contribution in [0.1, 0.15) is 6.92 Å². The Morgan fingerprint density at radius 3 is 2.27 bits per heavy atom. The van der Waals surface area contributed by atoms with Gasteiger partial charge in [-0.1, -0.05) is 0 Å². The number of hydrogen-bond donors (Lipinski definition) is 2. The van der Waals surface area contributed by atoms with Crippen molar-refractivity contribution in [3.63, 3.8) is 0 Å². The second-order valence-electron chi connectivity index (χ2n) is 4.85. The van der Waals surface area contributed by atoms with Crippen LogP contribution in [-0.2, 0) is 28.9 Å². The molecule has 120 valence electrons. The summed E-state index contributed by atoms with van der Waals surface area (Å²) in [4.78, 5) is 22.6. The third-order valence-corrected chi connectivity index (χ3v) is 5.82. The first-order valence-corrected chi connectivity index (χ1v) is 8.44. The van der Waals surface area contributed by atoms with Crippen molar-refractivity contribution in [2.45, 2.75) is 17.9 Å². The Hall–Kier alpha value is -1.65. The summed E-state index contributed by atoms with van der Waals surface area (Å²) in [6.45, 7) is 1.23. The molecular formula is C12H14BrN3O5S. The molecule has 0 aliphatic carbocycles. The van der Waals surface area contributed by atoms with Gasteiger partial charge in [0.1, 0.15) is 6.04 Å². The van der Waals surface area contributed by atoms with E-state index in [1.54, 1.807) is 7.05 Å². The lowest BCUT2D eigenvalue weighted by Gasteiger charge is -2.12. The van der Waals surface area contributed by atoms with Crippen LogP contribution >= 0.6 is 15.9 Å². The normalized spacial score (nSPS) is 13.5. The molecule has 1 aromatic carbocycles. The number of aliphatic carboxylic acids is 1. The van der Waals surface area contributed by atoms with Gasteiger partial charge in [-0.3, -0.25) is 13.9 Å². The monoisotopic (exact) mass is 391 g/mol. The average Bonchev–Trinajstić information content (AvgIpc) is 2.62. The van der Waals surface area contributed by atoms with Crippen LogP contribution in [0.2, 0.25) is 0 Å². The van der Waals surface area contributed by atoms with Crippen LogP contribution in [0.5, 0.6) is 0 Å². The maximum atomic E-state index is 12.3. The zero-order valence-electron chi connectivity index (χ0n) is 12.0. The highest BCUT2D eigenvalue weighted by atomic mass is 79.9. The molecule has 1 atom stereocenters. The minimum atomic E-state index is -4.05. The highest BCUT2D eigenvalue weighted by Crippen LogP contribution is 2.27. The van der Waals surface area contributed by atoms with Crippen molar-refractivity contribution < 1.29 is 18.3 Å². The van der Waals surface area contributed by atoms with Gasteiger partial charge in [-0.05, 0) is 35.0 Å². The molecule has 2 N–H and O–H groups in total. The van der Waals surface area contributed by atoms with Crippen molar-refractivity contribution in [1.82, 2.24) is 13.9 Å². The molecule has 22 heavy (non-hydrogen) atoms. The predicted octanol–water partition coefficient (Wildman–Crippen LogP) is 0.391. The van der Waals surface area contributed by atoms with E-state index in [9.17, 15) is 18.0 Å². The van der Waals surface area contributed by atoms with E-state index in [4.69, 9.17) is 5.11 Å². The average molecular weight is 392 g/mol. The standard InChI is InChI=1S/C12H14BrN3O5S/c1-6(11(17)18)14-22(20,21)10-5-9-8(4-7(10)13)15(2)12(19)16(9)3/h4-6,14H,1-3H3,(H,17,18)/t6-/m1/s1. The van der Waals surface area contributed by atoms with Crippen LogP contribution in [-0.4, -0.2) is 34.7 Å². The molecule has 0 spiro atoms. The summed E-state index contributed by atoms with van der Waals surface area (Å²) in [5.74, 6) is -1.28. The minimum absolute atomic E-state index is 0.130. The quantitative estimate of drug-likeness (QED) is 0.782. The zero-order valence-corrected chi connectivity index (χ0v) is 14.4.